The molecular formula is C21H28N2O. The number of rotatable bonds is 4. The van der Waals surface area contributed by atoms with Crippen LogP contribution in [0, 0.1) is 23.7 Å². The van der Waals surface area contributed by atoms with E-state index in [1.807, 2.05) is 24.4 Å². The molecule has 1 fully saturated rings. The molecule has 0 saturated heterocycles. The van der Waals surface area contributed by atoms with Crippen LogP contribution >= 0.6 is 0 Å². The smallest absolute Gasteiger partial charge is 0.223 e. The number of fused-ring (bicyclic) bond motifs is 1. The van der Waals surface area contributed by atoms with Crippen LogP contribution in [0.2, 0.25) is 0 Å². The van der Waals surface area contributed by atoms with Gasteiger partial charge in [0, 0.05) is 24.0 Å². The van der Waals surface area contributed by atoms with Crippen LogP contribution in [0.4, 0.5) is 0 Å². The van der Waals surface area contributed by atoms with Crippen LogP contribution in [-0.4, -0.2) is 10.9 Å². The molecule has 128 valence electrons. The van der Waals surface area contributed by atoms with Crippen LogP contribution in [0.1, 0.15) is 45.6 Å². The van der Waals surface area contributed by atoms with E-state index in [1.165, 1.54) is 12.8 Å². The molecule has 2 aromatic rings. The average molecular weight is 324 g/mol. The molecule has 0 bridgehead atoms. The normalized spacial score (nSPS) is 24.2. The summed E-state index contributed by atoms with van der Waals surface area (Å²) in [6.45, 7) is 7.32. The molecule has 3 nitrogen and oxygen atoms in total. The number of pyridine rings is 1. The van der Waals surface area contributed by atoms with E-state index < -0.39 is 0 Å². The van der Waals surface area contributed by atoms with Gasteiger partial charge >= 0.3 is 0 Å². The van der Waals surface area contributed by atoms with Crippen molar-refractivity contribution >= 4 is 16.8 Å². The molecule has 1 aliphatic carbocycles. The average Bonchev–Trinajstić information content (AvgIpc) is 2.59. The minimum absolute atomic E-state index is 0.155. The predicted molar refractivity (Wildman–Crippen MR) is 98.4 cm³/mol. The van der Waals surface area contributed by atoms with Gasteiger partial charge in [-0.3, -0.25) is 9.78 Å². The number of carbonyl (C=O) groups is 1. The minimum Gasteiger partial charge on any atom is -0.352 e. The summed E-state index contributed by atoms with van der Waals surface area (Å²) in [4.78, 5) is 17.2. The molecule has 1 aromatic heterocycles. The molecule has 1 heterocycles. The van der Waals surface area contributed by atoms with Crippen molar-refractivity contribution in [2.45, 2.75) is 46.6 Å². The Labute approximate surface area is 144 Å². The van der Waals surface area contributed by atoms with E-state index in [-0.39, 0.29) is 11.8 Å². The third kappa shape index (κ3) is 3.77. The number of aromatic nitrogens is 1. The number of hydrogen-bond donors (Lipinski definition) is 1. The molecule has 1 saturated carbocycles. The molecule has 0 unspecified atom stereocenters. The van der Waals surface area contributed by atoms with E-state index in [0.717, 1.165) is 22.9 Å². The predicted octanol–water partition coefficient (Wildman–Crippen LogP) is 4.56. The number of para-hydroxylation sites is 1. The molecule has 1 aromatic carbocycles. The summed E-state index contributed by atoms with van der Waals surface area (Å²) in [5, 5.41) is 4.28. The Morgan fingerprint density at radius 1 is 1.29 bits per heavy atom. The molecule has 24 heavy (non-hydrogen) atoms. The van der Waals surface area contributed by atoms with Crippen LogP contribution in [0.5, 0.6) is 0 Å². The van der Waals surface area contributed by atoms with E-state index >= 15 is 0 Å². The van der Waals surface area contributed by atoms with Gasteiger partial charge in [-0.05, 0) is 48.3 Å². The number of nitrogens with one attached hydrogen (secondary N) is 1. The highest BCUT2D eigenvalue weighted by atomic mass is 16.1. The maximum atomic E-state index is 12.8. The van der Waals surface area contributed by atoms with Crippen molar-refractivity contribution in [3.63, 3.8) is 0 Å². The Morgan fingerprint density at radius 3 is 2.88 bits per heavy atom. The molecule has 3 rings (SSSR count). The highest BCUT2D eigenvalue weighted by Gasteiger charge is 2.35. The lowest BCUT2D eigenvalue weighted by atomic mass is 9.70. The largest absolute Gasteiger partial charge is 0.352 e. The first-order valence-electron chi connectivity index (χ1n) is 9.16. The quantitative estimate of drug-likeness (QED) is 0.896. The summed E-state index contributed by atoms with van der Waals surface area (Å²) in [6, 6.07) is 10.2. The van der Waals surface area contributed by atoms with Gasteiger partial charge in [-0.1, -0.05) is 45.4 Å². The van der Waals surface area contributed by atoms with Crippen LogP contribution in [0.3, 0.4) is 0 Å². The highest BCUT2D eigenvalue weighted by Crippen LogP contribution is 2.38. The highest BCUT2D eigenvalue weighted by molar-refractivity contribution is 5.80. The summed E-state index contributed by atoms with van der Waals surface area (Å²) >= 11 is 0. The fourth-order valence-electron chi connectivity index (χ4n) is 4.04. The molecule has 3 heteroatoms. The van der Waals surface area contributed by atoms with Gasteiger partial charge in [-0.25, -0.2) is 0 Å². The number of benzene rings is 1. The Kier molecular flexibility index (Phi) is 5.17. The Morgan fingerprint density at radius 2 is 2.08 bits per heavy atom. The van der Waals surface area contributed by atoms with E-state index in [0.29, 0.717) is 24.3 Å². The lowest BCUT2D eigenvalue weighted by Gasteiger charge is -2.36. The van der Waals surface area contributed by atoms with Gasteiger partial charge in [0.25, 0.3) is 0 Å². The van der Waals surface area contributed by atoms with Gasteiger partial charge in [-0.2, -0.15) is 0 Å². The van der Waals surface area contributed by atoms with E-state index in [9.17, 15) is 4.79 Å². The lowest BCUT2D eigenvalue weighted by molar-refractivity contribution is -0.129. The SMILES string of the molecule is CC(C)[C@@H]1CC[C@@H](C)C[C@H]1C(=O)NCc1cnc2ccccc2c1. The molecule has 0 spiro atoms. The number of amides is 1. The zero-order valence-electron chi connectivity index (χ0n) is 15.0. The maximum absolute atomic E-state index is 12.8. The van der Waals surface area contributed by atoms with Crippen molar-refractivity contribution in [1.82, 2.24) is 10.3 Å². The first kappa shape index (κ1) is 16.9. The first-order valence-corrected chi connectivity index (χ1v) is 9.16. The van der Waals surface area contributed by atoms with Gasteiger partial charge in [0.1, 0.15) is 0 Å². The van der Waals surface area contributed by atoms with Crippen LogP contribution in [0.25, 0.3) is 10.9 Å². The van der Waals surface area contributed by atoms with E-state index in [4.69, 9.17) is 0 Å². The third-order valence-electron chi connectivity index (χ3n) is 5.47. The zero-order valence-corrected chi connectivity index (χ0v) is 15.0. The van der Waals surface area contributed by atoms with E-state index in [2.05, 4.69) is 43.2 Å². The Hall–Kier alpha value is -1.90. The second-order valence-electron chi connectivity index (χ2n) is 7.69. The van der Waals surface area contributed by atoms with Crippen LogP contribution in [-0.2, 0) is 11.3 Å². The monoisotopic (exact) mass is 324 g/mol. The first-order chi connectivity index (χ1) is 11.5. The maximum Gasteiger partial charge on any atom is 0.223 e. The van der Waals surface area contributed by atoms with Crippen molar-refractivity contribution in [2.24, 2.45) is 23.7 Å². The Bertz CT molecular complexity index is 710. The molecular weight excluding hydrogens is 296 g/mol. The summed E-state index contributed by atoms with van der Waals surface area (Å²) < 4.78 is 0. The molecule has 3 atom stereocenters. The number of carbonyl (C=O) groups excluding carboxylic acids is 1. The Balaban J connectivity index is 1.66. The van der Waals surface area contributed by atoms with Gasteiger partial charge in [0.2, 0.25) is 5.91 Å². The fraction of sp³-hybridized carbons (Fsp3) is 0.524. The van der Waals surface area contributed by atoms with Gasteiger partial charge in [0.15, 0.2) is 0 Å². The topological polar surface area (TPSA) is 42.0 Å². The summed E-state index contributed by atoms with van der Waals surface area (Å²) in [6.07, 6.45) is 5.31. The second kappa shape index (κ2) is 7.33. The van der Waals surface area contributed by atoms with Crippen LogP contribution in [0.15, 0.2) is 36.5 Å². The summed E-state index contributed by atoms with van der Waals surface area (Å²) in [7, 11) is 0. The summed E-state index contributed by atoms with van der Waals surface area (Å²) in [5.74, 6) is 2.10. The second-order valence-corrected chi connectivity index (χ2v) is 7.69. The van der Waals surface area contributed by atoms with Gasteiger partial charge < -0.3 is 5.32 Å². The van der Waals surface area contributed by atoms with Crippen molar-refractivity contribution in [2.75, 3.05) is 0 Å². The van der Waals surface area contributed by atoms with E-state index in [1.54, 1.807) is 0 Å². The molecule has 1 N–H and O–H groups in total. The zero-order chi connectivity index (χ0) is 17.1. The van der Waals surface area contributed by atoms with Crippen molar-refractivity contribution in [3.05, 3.63) is 42.1 Å². The summed E-state index contributed by atoms with van der Waals surface area (Å²) in [5.41, 5.74) is 2.06. The third-order valence-corrected chi connectivity index (χ3v) is 5.47. The molecule has 1 amide bonds. The standard InChI is InChI=1S/C21H28N2O/c1-14(2)18-9-8-15(3)10-19(18)21(24)23-13-16-11-17-6-4-5-7-20(17)22-12-16/h4-7,11-12,14-15,18-19H,8-10,13H2,1-3H3,(H,23,24)/t15-,18+,19-/m1/s1. The fourth-order valence-corrected chi connectivity index (χ4v) is 4.04. The molecule has 0 aliphatic heterocycles. The molecule has 1 aliphatic rings. The number of hydrogen-bond acceptors (Lipinski definition) is 2. The number of nitrogens with zero attached hydrogens (tertiary/aromatic N) is 1. The molecule has 0 radical (unpaired) electrons. The van der Waals surface area contributed by atoms with Crippen molar-refractivity contribution < 1.29 is 4.79 Å². The minimum atomic E-state index is 0.155. The lowest BCUT2D eigenvalue weighted by Crippen LogP contribution is -2.40. The van der Waals surface area contributed by atoms with Gasteiger partial charge in [-0.15, -0.1) is 0 Å². The van der Waals surface area contributed by atoms with Crippen LogP contribution < -0.4 is 5.32 Å². The van der Waals surface area contributed by atoms with Gasteiger partial charge in [0.05, 0.1) is 5.52 Å². The van der Waals surface area contributed by atoms with Crippen molar-refractivity contribution in [1.29, 1.82) is 0 Å². The van der Waals surface area contributed by atoms with Crippen molar-refractivity contribution in [3.8, 4) is 0 Å².